The summed E-state index contributed by atoms with van der Waals surface area (Å²) in [4.78, 5) is 0. The van der Waals surface area contributed by atoms with Gasteiger partial charge in [-0.3, -0.25) is 0 Å². The molecule has 0 fully saturated rings. The molecule has 0 N–H and O–H groups in total. The zero-order chi connectivity index (χ0) is 11.8. The van der Waals surface area contributed by atoms with E-state index in [4.69, 9.17) is 0 Å². The van der Waals surface area contributed by atoms with Crippen molar-refractivity contribution in [3.63, 3.8) is 0 Å². The number of hydrogen-bond acceptors (Lipinski definition) is 0. The molecule has 1 aliphatic carbocycles. The quantitative estimate of drug-likeness (QED) is 0.663. The monoisotopic (exact) mass is 274 g/mol. The van der Waals surface area contributed by atoms with Gasteiger partial charge in [0.25, 0.3) is 0 Å². The van der Waals surface area contributed by atoms with Gasteiger partial charge in [-0.1, -0.05) is 85.0 Å². The van der Waals surface area contributed by atoms with E-state index in [-0.39, 0.29) is 17.1 Å². The minimum atomic E-state index is 0. The normalized spacial score (nSPS) is 11.3. The maximum absolute atomic E-state index is 2.12. The van der Waals surface area contributed by atoms with Gasteiger partial charge < -0.3 is 0 Å². The van der Waals surface area contributed by atoms with Gasteiger partial charge >= 0.3 is 0 Å². The van der Waals surface area contributed by atoms with Crippen LogP contribution in [0.5, 0.6) is 0 Å². The van der Waals surface area contributed by atoms with Crippen LogP contribution in [0.3, 0.4) is 0 Å². The van der Waals surface area contributed by atoms with Crippen molar-refractivity contribution in [3.05, 3.63) is 91.4 Å². The Bertz CT molecular complexity index is 436. The van der Waals surface area contributed by atoms with E-state index in [0.717, 1.165) is 0 Å². The number of allylic oxidation sites excluding steroid dienone is 4. The predicted octanol–water partition coefficient (Wildman–Crippen LogP) is 4.67. The van der Waals surface area contributed by atoms with Crippen molar-refractivity contribution in [2.75, 3.05) is 0 Å². The van der Waals surface area contributed by atoms with E-state index in [1.807, 2.05) is 42.9 Å². The van der Waals surface area contributed by atoms with Crippen molar-refractivity contribution in [1.29, 1.82) is 0 Å². The minimum Gasteiger partial charge on any atom is -0.0767 e. The van der Waals surface area contributed by atoms with Crippen molar-refractivity contribution in [3.8, 4) is 11.1 Å². The summed E-state index contributed by atoms with van der Waals surface area (Å²) in [5.41, 5.74) is 2.55. The van der Waals surface area contributed by atoms with Crippen LogP contribution < -0.4 is 0 Å². The van der Waals surface area contributed by atoms with E-state index in [9.17, 15) is 0 Å². The molecular weight excluding hydrogens is 259 g/mol. The fourth-order valence-electron chi connectivity index (χ4n) is 1.58. The molecule has 18 heavy (non-hydrogen) atoms. The van der Waals surface area contributed by atoms with Crippen LogP contribution in [0, 0.1) is 6.42 Å². The fourth-order valence-corrected chi connectivity index (χ4v) is 1.58. The second-order valence-electron chi connectivity index (χ2n) is 3.69. The molecule has 0 bridgehead atoms. The van der Waals surface area contributed by atoms with Gasteiger partial charge in [-0.2, -0.15) is 0 Å². The molecule has 0 nitrogen and oxygen atoms in total. The smallest absolute Gasteiger partial charge is 0.00506 e. The van der Waals surface area contributed by atoms with Crippen LogP contribution in [-0.4, -0.2) is 0 Å². The molecule has 1 aliphatic rings. The molecule has 2 aromatic carbocycles. The Kier molecular flexibility index (Phi) is 6.86. The summed E-state index contributed by atoms with van der Waals surface area (Å²) < 4.78 is 0. The van der Waals surface area contributed by atoms with Crippen LogP contribution in [0.2, 0.25) is 0 Å². The third kappa shape index (κ3) is 4.75. The molecule has 0 saturated carbocycles. The molecule has 1 heteroatoms. The largest absolute Gasteiger partial charge is 0.0767 e. The van der Waals surface area contributed by atoms with E-state index in [1.165, 1.54) is 11.1 Å². The van der Waals surface area contributed by atoms with Crippen LogP contribution in [0.15, 0.2) is 85.0 Å². The zero-order valence-corrected chi connectivity index (χ0v) is 11.2. The van der Waals surface area contributed by atoms with Gasteiger partial charge in [-0.05, 0) is 11.1 Å². The molecule has 0 atom stereocenters. The summed E-state index contributed by atoms with van der Waals surface area (Å²) in [6, 6.07) is 20.8. The summed E-state index contributed by atoms with van der Waals surface area (Å²) in [5.74, 6) is 0. The van der Waals surface area contributed by atoms with Crippen LogP contribution >= 0.6 is 0 Å². The molecule has 0 aromatic heterocycles. The van der Waals surface area contributed by atoms with Crippen LogP contribution in [0.25, 0.3) is 11.1 Å². The summed E-state index contributed by atoms with van der Waals surface area (Å²) in [6.07, 6.45) is 10.0. The summed E-state index contributed by atoms with van der Waals surface area (Å²) in [7, 11) is 0. The summed E-state index contributed by atoms with van der Waals surface area (Å²) in [6.45, 7) is 0. The van der Waals surface area contributed by atoms with Crippen molar-refractivity contribution < 1.29 is 17.1 Å². The van der Waals surface area contributed by atoms with Gasteiger partial charge in [-0.15, -0.1) is 0 Å². The standard InChI is InChI=1S/C12H10.C5H5.Mn/c1-3-7-11(8-4-1)12-9-5-2-6-10-12;1-2-4-5-3-1;/h1-10H;1-5H;. The zero-order valence-electron chi connectivity index (χ0n) is 10.0. The number of rotatable bonds is 1. The fraction of sp³-hybridized carbons (Fsp3) is 0. The van der Waals surface area contributed by atoms with Crippen molar-refractivity contribution in [1.82, 2.24) is 0 Å². The maximum Gasteiger partial charge on any atom is 0.00506 e. The van der Waals surface area contributed by atoms with E-state index in [0.29, 0.717) is 0 Å². The second-order valence-corrected chi connectivity index (χ2v) is 3.69. The van der Waals surface area contributed by atoms with E-state index >= 15 is 0 Å². The Morgan fingerprint density at radius 1 is 0.444 bits per heavy atom. The van der Waals surface area contributed by atoms with E-state index in [2.05, 4.69) is 48.5 Å². The van der Waals surface area contributed by atoms with Gasteiger partial charge in [0.05, 0.1) is 0 Å². The SMILES string of the molecule is [CH]1C=CC=C1.[Mn].c1ccc(-c2ccccc2)cc1. The summed E-state index contributed by atoms with van der Waals surface area (Å²) in [5, 5.41) is 0. The average Bonchev–Trinajstić information content (AvgIpc) is 3.00. The van der Waals surface area contributed by atoms with Gasteiger partial charge in [-0.25, -0.2) is 0 Å². The van der Waals surface area contributed by atoms with Crippen LogP contribution in [-0.2, 0) is 17.1 Å². The molecule has 0 unspecified atom stereocenters. The molecule has 2 radical (unpaired) electrons. The number of hydrogen-bond donors (Lipinski definition) is 0. The predicted molar refractivity (Wildman–Crippen MR) is 74.5 cm³/mol. The van der Waals surface area contributed by atoms with Gasteiger partial charge in [0.15, 0.2) is 0 Å². The Hall–Kier alpha value is -1.56. The molecular formula is C17H15Mn. The van der Waals surface area contributed by atoms with Crippen molar-refractivity contribution in [2.45, 2.75) is 0 Å². The van der Waals surface area contributed by atoms with Crippen molar-refractivity contribution in [2.24, 2.45) is 0 Å². The first kappa shape index (κ1) is 14.5. The van der Waals surface area contributed by atoms with Gasteiger partial charge in [0.1, 0.15) is 0 Å². The molecule has 3 rings (SSSR count). The Morgan fingerprint density at radius 2 is 0.833 bits per heavy atom. The maximum atomic E-state index is 2.12. The topological polar surface area (TPSA) is 0 Å². The molecule has 2 aromatic rings. The number of benzene rings is 2. The first-order chi connectivity index (χ1) is 8.47. The van der Waals surface area contributed by atoms with Crippen molar-refractivity contribution >= 4 is 0 Å². The Morgan fingerprint density at radius 3 is 1.11 bits per heavy atom. The first-order valence-corrected chi connectivity index (χ1v) is 5.74. The Labute approximate surface area is 120 Å². The van der Waals surface area contributed by atoms with Crippen LogP contribution in [0.4, 0.5) is 0 Å². The van der Waals surface area contributed by atoms with Gasteiger partial charge in [0.2, 0.25) is 0 Å². The van der Waals surface area contributed by atoms with Crippen LogP contribution in [0.1, 0.15) is 0 Å². The molecule has 0 amide bonds. The molecule has 0 aliphatic heterocycles. The molecule has 90 valence electrons. The van der Waals surface area contributed by atoms with E-state index in [1.54, 1.807) is 0 Å². The molecule has 0 heterocycles. The molecule has 0 saturated heterocycles. The molecule has 0 spiro atoms. The first-order valence-electron chi connectivity index (χ1n) is 5.74. The minimum absolute atomic E-state index is 0. The van der Waals surface area contributed by atoms with Gasteiger partial charge in [0, 0.05) is 23.5 Å². The van der Waals surface area contributed by atoms with E-state index < -0.39 is 0 Å². The third-order valence-electron chi connectivity index (χ3n) is 2.44. The second kappa shape index (κ2) is 8.52. The third-order valence-corrected chi connectivity index (χ3v) is 2.44. The average molecular weight is 274 g/mol. The summed E-state index contributed by atoms with van der Waals surface area (Å²) >= 11 is 0. The Balaban J connectivity index is 0.000000230.